The lowest BCUT2D eigenvalue weighted by Crippen LogP contribution is -2.03. The number of fused-ring (bicyclic) bond motifs is 1. The van der Waals surface area contributed by atoms with Crippen LogP contribution in [0, 0.1) is 0 Å². The van der Waals surface area contributed by atoms with E-state index < -0.39 is 17.7 Å². The fraction of sp³-hybridized carbons (Fsp3) is 0.231. The molecular formula is C13H12O5. The number of benzene rings is 1. The fourth-order valence-corrected chi connectivity index (χ4v) is 1.71. The van der Waals surface area contributed by atoms with Gasteiger partial charge in [-0.05, 0) is 24.1 Å². The van der Waals surface area contributed by atoms with Crippen molar-refractivity contribution < 1.29 is 19.4 Å². The van der Waals surface area contributed by atoms with Crippen molar-refractivity contribution in [2.75, 3.05) is 0 Å². The van der Waals surface area contributed by atoms with Crippen LogP contribution in [0.2, 0.25) is 0 Å². The number of carboxylic acids is 1. The van der Waals surface area contributed by atoms with Gasteiger partial charge in [0.25, 0.3) is 0 Å². The fourth-order valence-electron chi connectivity index (χ4n) is 1.71. The molecule has 0 saturated heterocycles. The third kappa shape index (κ3) is 2.75. The van der Waals surface area contributed by atoms with Crippen molar-refractivity contribution in [3.63, 3.8) is 0 Å². The molecule has 0 bridgehead atoms. The Labute approximate surface area is 102 Å². The molecule has 1 atom stereocenters. The largest absolute Gasteiger partial charge is 0.481 e. The monoisotopic (exact) mass is 248 g/mol. The molecule has 0 fully saturated rings. The average molecular weight is 248 g/mol. The lowest BCUT2D eigenvalue weighted by Gasteiger charge is -2.09. The molecule has 2 aromatic rings. The summed E-state index contributed by atoms with van der Waals surface area (Å²) in [6.45, 7) is 0. The number of aliphatic hydroxyl groups is 1. The van der Waals surface area contributed by atoms with Crippen molar-refractivity contribution in [3.8, 4) is 0 Å². The van der Waals surface area contributed by atoms with Crippen molar-refractivity contribution in [3.05, 3.63) is 46.3 Å². The second-order valence-electron chi connectivity index (χ2n) is 4.00. The highest BCUT2D eigenvalue weighted by molar-refractivity contribution is 5.77. The van der Waals surface area contributed by atoms with E-state index in [0.717, 1.165) is 5.39 Å². The number of hydrogen-bond donors (Lipinski definition) is 2. The first-order chi connectivity index (χ1) is 8.56. The van der Waals surface area contributed by atoms with E-state index in [2.05, 4.69) is 0 Å². The summed E-state index contributed by atoms with van der Waals surface area (Å²) in [6.07, 6.45) is -0.869. The zero-order chi connectivity index (χ0) is 13.1. The van der Waals surface area contributed by atoms with E-state index in [1.54, 1.807) is 24.3 Å². The van der Waals surface area contributed by atoms with E-state index in [9.17, 15) is 14.7 Å². The van der Waals surface area contributed by atoms with Crippen LogP contribution in [-0.2, 0) is 4.79 Å². The topological polar surface area (TPSA) is 87.7 Å². The van der Waals surface area contributed by atoms with Crippen molar-refractivity contribution in [1.82, 2.24) is 0 Å². The molecule has 2 N–H and O–H groups in total. The second-order valence-corrected chi connectivity index (χ2v) is 4.00. The van der Waals surface area contributed by atoms with Crippen LogP contribution in [0.4, 0.5) is 0 Å². The van der Waals surface area contributed by atoms with Gasteiger partial charge in [-0.1, -0.05) is 12.1 Å². The molecule has 0 spiro atoms. The first kappa shape index (κ1) is 12.3. The van der Waals surface area contributed by atoms with Gasteiger partial charge in [0, 0.05) is 17.9 Å². The van der Waals surface area contributed by atoms with Gasteiger partial charge in [-0.2, -0.15) is 0 Å². The van der Waals surface area contributed by atoms with Gasteiger partial charge in [-0.3, -0.25) is 4.79 Å². The maximum absolute atomic E-state index is 11.1. The maximum atomic E-state index is 11.1. The Morgan fingerprint density at radius 1 is 1.28 bits per heavy atom. The van der Waals surface area contributed by atoms with E-state index in [1.165, 1.54) is 6.07 Å². The Hall–Kier alpha value is -2.14. The zero-order valence-corrected chi connectivity index (χ0v) is 9.50. The molecule has 1 heterocycles. The van der Waals surface area contributed by atoms with Crippen LogP contribution in [-0.4, -0.2) is 16.2 Å². The van der Waals surface area contributed by atoms with Gasteiger partial charge in [0.05, 0.1) is 6.10 Å². The van der Waals surface area contributed by atoms with Gasteiger partial charge in [-0.25, -0.2) is 4.79 Å². The van der Waals surface area contributed by atoms with Crippen molar-refractivity contribution in [1.29, 1.82) is 0 Å². The summed E-state index contributed by atoms with van der Waals surface area (Å²) in [5, 5.41) is 19.1. The summed E-state index contributed by atoms with van der Waals surface area (Å²) in [4.78, 5) is 21.5. The highest BCUT2D eigenvalue weighted by Gasteiger charge is 2.11. The Bertz CT molecular complexity index is 629. The van der Waals surface area contributed by atoms with Crippen LogP contribution in [0.3, 0.4) is 0 Å². The van der Waals surface area contributed by atoms with Gasteiger partial charge < -0.3 is 14.6 Å². The minimum atomic E-state index is -0.957. The van der Waals surface area contributed by atoms with Crippen molar-refractivity contribution in [2.45, 2.75) is 18.9 Å². The molecule has 1 aromatic heterocycles. The lowest BCUT2D eigenvalue weighted by atomic mass is 10.0. The number of carboxylic acid groups (broad SMARTS) is 1. The van der Waals surface area contributed by atoms with Crippen molar-refractivity contribution in [2.24, 2.45) is 0 Å². The molecule has 0 saturated carbocycles. The predicted molar refractivity (Wildman–Crippen MR) is 64.3 cm³/mol. The van der Waals surface area contributed by atoms with Crippen LogP contribution in [0.25, 0.3) is 11.0 Å². The predicted octanol–water partition coefficient (Wildman–Crippen LogP) is 1.69. The minimum Gasteiger partial charge on any atom is -0.481 e. The summed E-state index contributed by atoms with van der Waals surface area (Å²) < 4.78 is 5.00. The van der Waals surface area contributed by atoms with Crippen LogP contribution < -0.4 is 5.63 Å². The molecule has 0 amide bonds. The minimum absolute atomic E-state index is 0.113. The third-order valence-electron chi connectivity index (χ3n) is 2.66. The highest BCUT2D eigenvalue weighted by Crippen LogP contribution is 2.22. The Morgan fingerprint density at radius 2 is 2.00 bits per heavy atom. The highest BCUT2D eigenvalue weighted by atomic mass is 16.4. The van der Waals surface area contributed by atoms with Gasteiger partial charge in [0.1, 0.15) is 5.58 Å². The van der Waals surface area contributed by atoms with Crippen LogP contribution in [0.1, 0.15) is 24.5 Å². The average Bonchev–Trinajstić information content (AvgIpc) is 2.34. The summed E-state index contributed by atoms with van der Waals surface area (Å²) in [6, 6.07) is 7.92. The van der Waals surface area contributed by atoms with E-state index in [0.29, 0.717) is 11.1 Å². The molecule has 1 aromatic carbocycles. The first-order valence-electron chi connectivity index (χ1n) is 5.50. The first-order valence-corrected chi connectivity index (χ1v) is 5.50. The van der Waals surface area contributed by atoms with Crippen LogP contribution >= 0.6 is 0 Å². The van der Waals surface area contributed by atoms with E-state index in [4.69, 9.17) is 9.52 Å². The normalized spacial score (nSPS) is 12.5. The van der Waals surface area contributed by atoms with E-state index in [-0.39, 0.29) is 12.8 Å². The molecule has 2 rings (SSSR count). The van der Waals surface area contributed by atoms with Gasteiger partial charge in [0.15, 0.2) is 0 Å². The van der Waals surface area contributed by atoms with Gasteiger partial charge >= 0.3 is 11.6 Å². The third-order valence-corrected chi connectivity index (χ3v) is 2.66. The van der Waals surface area contributed by atoms with Crippen LogP contribution in [0.15, 0.2) is 39.5 Å². The molecule has 0 aliphatic rings. The Morgan fingerprint density at radius 3 is 2.72 bits per heavy atom. The Balaban J connectivity index is 2.28. The Kier molecular flexibility index (Phi) is 3.43. The number of aliphatic carboxylic acids is 1. The second kappa shape index (κ2) is 5.01. The summed E-state index contributed by atoms with van der Waals surface area (Å²) in [7, 11) is 0. The lowest BCUT2D eigenvalue weighted by molar-refractivity contribution is -0.137. The summed E-state index contributed by atoms with van der Waals surface area (Å²) in [5.41, 5.74) is 0.465. The zero-order valence-electron chi connectivity index (χ0n) is 9.50. The number of hydrogen-bond acceptors (Lipinski definition) is 4. The summed E-state index contributed by atoms with van der Waals surface area (Å²) >= 11 is 0. The molecule has 0 aliphatic carbocycles. The van der Waals surface area contributed by atoms with Crippen molar-refractivity contribution >= 4 is 16.9 Å². The molecule has 94 valence electrons. The van der Waals surface area contributed by atoms with E-state index in [1.807, 2.05) is 0 Å². The summed E-state index contributed by atoms with van der Waals surface area (Å²) in [5.74, 6) is -0.957. The van der Waals surface area contributed by atoms with Crippen LogP contribution in [0.5, 0.6) is 0 Å². The SMILES string of the molecule is O=C(O)CCC(O)c1ccc2ccc(=O)oc2c1. The molecule has 18 heavy (non-hydrogen) atoms. The van der Waals surface area contributed by atoms with Gasteiger partial charge in [-0.15, -0.1) is 0 Å². The molecule has 1 unspecified atom stereocenters. The number of aliphatic hydroxyl groups excluding tert-OH is 1. The molecular weight excluding hydrogens is 236 g/mol. The number of carbonyl (C=O) groups is 1. The standard InChI is InChI=1S/C13H12O5/c14-10(4-5-12(15)16)9-2-1-8-3-6-13(17)18-11(8)7-9/h1-3,6-7,10,14H,4-5H2,(H,15,16). The smallest absolute Gasteiger partial charge is 0.336 e. The number of rotatable bonds is 4. The van der Waals surface area contributed by atoms with E-state index >= 15 is 0 Å². The molecule has 5 nitrogen and oxygen atoms in total. The maximum Gasteiger partial charge on any atom is 0.336 e. The molecule has 5 heteroatoms. The quantitative estimate of drug-likeness (QED) is 0.804. The van der Waals surface area contributed by atoms with Gasteiger partial charge in [0.2, 0.25) is 0 Å². The molecule has 0 aliphatic heterocycles. The molecule has 0 radical (unpaired) electrons.